The van der Waals surface area contributed by atoms with E-state index in [0.29, 0.717) is 6.07 Å². The van der Waals surface area contributed by atoms with Crippen molar-refractivity contribution >= 4 is 29.2 Å². The maximum Gasteiger partial charge on any atom is 0.289 e. The van der Waals surface area contributed by atoms with Crippen molar-refractivity contribution in [3.05, 3.63) is 65.0 Å². The molecule has 8 nitrogen and oxygen atoms in total. The lowest BCUT2D eigenvalue weighted by Crippen LogP contribution is -2.46. The number of rotatable bonds is 3. The molecule has 0 saturated heterocycles. The van der Waals surface area contributed by atoms with Crippen molar-refractivity contribution in [1.82, 2.24) is 20.3 Å². The Morgan fingerprint density at radius 1 is 1.16 bits per heavy atom. The van der Waals surface area contributed by atoms with Crippen LogP contribution in [0.15, 0.2) is 36.7 Å². The van der Waals surface area contributed by atoms with Crippen LogP contribution >= 0.6 is 11.6 Å². The van der Waals surface area contributed by atoms with Crippen molar-refractivity contribution in [2.45, 2.75) is 6.04 Å². The second kappa shape index (κ2) is 8.19. The molecular formula is C19H11ClF3N5O3. The molecule has 31 heavy (non-hydrogen) atoms. The highest BCUT2D eigenvalue weighted by Gasteiger charge is 2.28. The van der Waals surface area contributed by atoms with E-state index in [2.05, 4.69) is 25.6 Å². The summed E-state index contributed by atoms with van der Waals surface area (Å²) in [4.78, 5) is 36.4. The molecule has 1 aromatic carbocycles. The fraction of sp³-hybridized carbons (Fsp3) is 0.105. The van der Waals surface area contributed by atoms with Crippen molar-refractivity contribution < 1.29 is 27.5 Å². The van der Waals surface area contributed by atoms with Crippen molar-refractivity contribution in [3.8, 4) is 17.0 Å². The van der Waals surface area contributed by atoms with Crippen LogP contribution in [0.3, 0.4) is 0 Å². The highest BCUT2D eigenvalue weighted by molar-refractivity contribution is 6.33. The lowest BCUT2D eigenvalue weighted by atomic mass is 10.1. The molecule has 1 aliphatic heterocycles. The molecule has 0 bridgehead atoms. The topological polar surface area (TPSA) is 106 Å². The first kappa shape index (κ1) is 20.5. The summed E-state index contributed by atoms with van der Waals surface area (Å²) in [7, 11) is 0. The van der Waals surface area contributed by atoms with Gasteiger partial charge in [0.15, 0.2) is 11.6 Å². The van der Waals surface area contributed by atoms with Crippen LogP contribution in [-0.2, 0) is 4.79 Å². The number of nitrogens with zero attached hydrogens (tertiary/aromatic N) is 3. The van der Waals surface area contributed by atoms with Crippen molar-refractivity contribution in [2.75, 3.05) is 11.9 Å². The van der Waals surface area contributed by atoms with Crippen LogP contribution in [-0.4, -0.2) is 39.4 Å². The maximum absolute atomic E-state index is 14.1. The first-order valence-corrected chi connectivity index (χ1v) is 9.07. The molecule has 3 heterocycles. The summed E-state index contributed by atoms with van der Waals surface area (Å²) in [6, 6.07) is 2.64. The van der Waals surface area contributed by atoms with E-state index in [-0.39, 0.29) is 34.5 Å². The molecule has 3 aromatic rings. The molecule has 2 N–H and O–H groups in total. The van der Waals surface area contributed by atoms with Gasteiger partial charge in [0.05, 0.1) is 23.1 Å². The zero-order valence-corrected chi connectivity index (χ0v) is 16.1. The van der Waals surface area contributed by atoms with Crippen molar-refractivity contribution in [1.29, 1.82) is 0 Å². The van der Waals surface area contributed by atoms with E-state index in [4.69, 9.17) is 16.3 Å². The van der Waals surface area contributed by atoms with Gasteiger partial charge in [-0.15, -0.1) is 0 Å². The van der Waals surface area contributed by atoms with Gasteiger partial charge in [-0.1, -0.05) is 11.6 Å². The summed E-state index contributed by atoms with van der Waals surface area (Å²) in [5, 5.41) is 4.72. The molecule has 0 unspecified atom stereocenters. The van der Waals surface area contributed by atoms with E-state index in [1.807, 2.05) is 0 Å². The van der Waals surface area contributed by atoms with Gasteiger partial charge in [0.2, 0.25) is 5.82 Å². The fourth-order valence-corrected chi connectivity index (χ4v) is 2.95. The van der Waals surface area contributed by atoms with Gasteiger partial charge in [0, 0.05) is 17.7 Å². The number of carbonyl (C=O) groups is 2. The van der Waals surface area contributed by atoms with Crippen molar-refractivity contribution in [2.24, 2.45) is 0 Å². The van der Waals surface area contributed by atoms with Crippen molar-refractivity contribution in [3.63, 3.8) is 0 Å². The van der Waals surface area contributed by atoms with E-state index in [9.17, 15) is 22.8 Å². The third kappa shape index (κ3) is 4.26. The lowest BCUT2D eigenvalue weighted by molar-refractivity contribution is -0.118. The summed E-state index contributed by atoms with van der Waals surface area (Å²) in [5.74, 6) is -4.34. The van der Waals surface area contributed by atoms with E-state index in [0.717, 1.165) is 30.6 Å². The van der Waals surface area contributed by atoms with E-state index in [1.54, 1.807) is 0 Å². The standard InChI is InChI=1S/C19H11ClF3N5O3/c20-11-6-25-17(27-15(11)10-2-1-8(21)3-12(10)23)19(30)26-13-7-31-14-4-9(22)5-24-16(14)28-18(13)29/h1-6,13H,7H2,(H,26,30)(H,24,28,29)/t13-/m0/s1. The monoisotopic (exact) mass is 449 g/mol. The second-order valence-corrected chi connectivity index (χ2v) is 6.75. The van der Waals surface area contributed by atoms with Gasteiger partial charge in [-0.25, -0.2) is 28.1 Å². The lowest BCUT2D eigenvalue weighted by Gasteiger charge is -2.14. The molecule has 4 rings (SSSR count). The minimum absolute atomic E-state index is 0.0000341. The van der Waals surface area contributed by atoms with Gasteiger partial charge in [-0.2, -0.15) is 0 Å². The highest BCUT2D eigenvalue weighted by Crippen LogP contribution is 2.28. The minimum atomic E-state index is -1.19. The van der Waals surface area contributed by atoms with Gasteiger partial charge in [-0.3, -0.25) is 9.59 Å². The number of ether oxygens (including phenoxy) is 1. The van der Waals surface area contributed by atoms with Crippen LogP contribution in [0.4, 0.5) is 19.0 Å². The Morgan fingerprint density at radius 2 is 1.97 bits per heavy atom. The zero-order chi connectivity index (χ0) is 22.1. The van der Waals surface area contributed by atoms with Gasteiger partial charge >= 0.3 is 0 Å². The van der Waals surface area contributed by atoms with Gasteiger partial charge < -0.3 is 15.4 Å². The largest absolute Gasteiger partial charge is 0.487 e. The zero-order valence-electron chi connectivity index (χ0n) is 15.3. The highest BCUT2D eigenvalue weighted by atomic mass is 35.5. The van der Waals surface area contributed by atoms with Crippen LogP contribution in [0.25, 0.3) is 11.3 Å². The van der Waals surface area contributed by atoms with Crippen LogP contribution in [0.1, 0.15) is 10.6 Å². The van der Waals surface area contributed by atoms with Crippen LogP contribution in [0, 0.1) is 17.5 Å². The Morgan fingerprint density at radius 3 is 2.74 bits per heavy atom. The number of pyridine rings is 1. The van der Waals surface area contributed by atoms with Gasteiger partial charge in [0.25, 0.3) is 11.8 Å². The number of benzene rings is 1. The fourth-order valence-electron chi connectivity index (χ4n) is 2.75. The quantitative estimate of drug-likeness (QED) is 0.637. The molecule has 0 fully saturated rings. The summed E-state index contributed by atoms with van der Waals surface area (Å²) in [6.07, 6.45) is 1.98. The number of fused-ring (bicyclic) bond motifs is 1. The second-order valence-electron chi connectivity index (χ2n) is 6.34. The molecular weight excluding hydrogens is 439 g/mol. The minimum Gasteiger partial charge on any atom is -0.487 e. The molecule has 158 valence electrons. The molecule has 0 aliphatic carbocycles. The average molecular weight is 450 g/mol. The maximum atomic E-state index is 14.1. The average Bonchev–Trinajstić information content (AvgIpc) is 2.87. The number of halogens is 4. The van der Waals surface area contributed by atoms with E-state index in [1.165, 1.54) is 0 Å². The Bertz CT molecular complexity index is 1210. The molecule has 2 amide bonds. The summed E-state index contributed by atoms with van der Waals surface area (Å²) in [6.45, 7) is -0.317. The van der Waals surface area contributed by atoms with E-state index >= 15 is 0 Å². The normalized spacial score (nSPS) is 15.4. The van der Waals surface area contributed by atoms with Gasteiger partial charge in [-0.05, 0) is 12.1 Å². The predicted octanol–water partition coefficient (Wildman–Crippen LogP) is 2.74. The molecule has 12 heteroatoms. The van der Waals surface area contributed by atoms with Crippen LogP contribution in [0.5, 0.6) is 5.75 Å². The molecule has 1 atom stereocenters. The Balaban J connectivity index is 1.56. The van der Waals surface area contributed by atoms with Crippen LogP contribution < -0.4 is 15.4 Å². The number of hydrogen-bond donors (Lipinski definition) is 2. The number of nitrogens with one attached hydrogen (secondary N) is 2. The first-order chi connectivity index (χ1) is 14.8. The molecule has 0 radical (unpaired) electrons. The first-order valence-electron chi connectivity index (χ1n) is 8.70. The third-order valence-corrected chi connectivity index (χ3v) is 4.50. The summed E-state index contributed by atoms with van der Waals surface area (Å²) in [5.41, 5.74) is -0.269. The molecule has 0 spiro atoms. The molecule has 0 saturated carbocycles. The van der Waals surface area contributed by atoms with Gasteiger partial charge in [0.1, 0.15) is 30.1 Å². The predicted molar refractivity (Wildman–Crippen MR) is 102 cm³/mol. The number of anilines is 1. The Labute approximate surface area is 177 Å². The summed E-state index contributed by atoms with van der Waals surface area (Å²) >= 11 is 6.01. The Kier molecular flexibility index (Phi) is 5.42. The number of carbonyl (C=O) groups excluding carboxylic acids is 2. The SMILES string of the molecule is O=C(N[C@H]1COc2cc(F)cnc2NC1=O)c1ncc(Cl)c(-c2ccc(F)cc2F)n1. The Hall–Kier alpha value is -3.73. The smallest absolute Gasteiger partial charge is 0.289 e. The number of aromatic nitrogens is 3. The summed E-state index contributed by atoms with van der Waals surface area (Å²) < 4.78 is 45.9. The number of hydrogen-bond acceptors (Lipinski definition) is 6. The number of amides is 2. The molecule has 1 aliphatic rings. The third-order valence-electron chi connectivity index (χ3n) is 4.22. The van der Waals surface area contributed by atoms with E-state index < -0.39 is 41.1 Å². The van der Waals surface area contributed by atoms with Crippen LogP contribution in [0.2, 0.25) is 5.02 Å². The molecule has 2 aromatic heterocycles.